The Balaban J connectivity index is 3.40. The first-order valence-corrected chi connectivity index (χ1v) is 6.85. The summed E-state index contributed by atoms with van der Waals surface area (Å²) in [7, 11) is 0. The average molecular weight is 357 g/mol. The number of thioether (sulfide) groups is 1. The molecule has 1 aromatic carbocycles. The second-order valence-corrected chi connectivity index (χ2v) is 5.25. The van der Waals surface area contributed by atoms with Crippen molar-refractivity contribution < 1.29 is 35.9 Å². The van der Waals surface area contributed by atoms with Crippen LogP contribution in [0, 0.1) is 11.3 Å². The van der Waals surface area contributed by atoms with Crippen LogP contribution in [0.25, 0.3) is 0 Å². The molecule has 0 saturated carbocycles. The van der Waals surface area contributed by atoms with Crippen molar-refractivity contribution in [3.8, 4) is 6.07 Å². The Morgan fingerprint density at radius 3 is 2.30 bits per heavy atom. The molecule has 126 valence electrons. The maximum Gasteiger partial charge on any atom is 0.446 e. The molecule has 10 heteroatoms. The van der Waals surface area contributed by atoms with Gasteiger partial charge in [0.2, 0.25) is 0 Å². The molecule has 0 fully saturated rings. The fourth-order valence-electron chi connectivity index (χ4n) is 1.70. The van der Waals surface area contributed by atoms with Gasteiger partial charge < -0.3 is 4.74 Å². The third kappa shape index (κ3) is 5.67. The average Bonchev–Trinajstić information content (AvgIpc) is 2.37. The summed E-state index contributed by atoms with van der Waals surface area (Å²) in [6.07, 6.45) is -5.77. The van der Waals surface area contributed by atoms with Gasteiger partial charge >= 0.3 is 17.7 Å². The van der Waals surface area contributed by atoms with E-state index in [-0.39, 0.29) is 12.7 Å². The van der Waals surface area contributed by atoms with Gasteiger partial charge in [0.15, 0.2) is 0 Å². The zero-order chi connectivity index (χ0) is 17.8. The Labute approximate surface area is 131 Å². The third-order valence-electron chi connectivity index (χ3n) is 2.50. The molecule has 0 unspecified atom stereocenters. The minimum absolute atomic E-state index is 0.0622. The van der Waals surface area contributed by atoms with E-state index in [1.807, 2.05) is 0 Å². The van der Waals surface area contributed by atoms with Crippen LogP contribution in [0.4, 0.5) is 26.3 Å². The molecule has 1 aromatic rings. The molecule has 0 aliphatic heterocycles. The minimum atomic E-state index is -4.98. The van der Waals surface area contributed by atoms with E-state index < -0.39 is 57.4 Å². The maximum atomic E-state index is 13.0. The minimum Gasteiger partial charge on any atom is -0.466 e. The number of hydrogen-bond donors (Lipinski definition) is 0. The molecule has 0 bridgehead atoms. The predicted octanol–water partition coefficient (Wildman–Crippen LogP) is 4.29. The smallest absolute Gasteiger partial charge is 0.446 e. The van der Waals surface area contributed by atoms with Crippen molar-refractivity contribution in [1.29, 1.82) is 5.26 Å². The van der Waals surface area contributed by atoms with Crippen LogP contribution in [-0.4, -0.2) is 18.1 Å². The van der Waals surface area contributed by atoms with Gasteiger partial charge in [-0.2, -0.15) is 31.6 Å². The molecule has 0 heterocycles. The summed E-state index contributed by atoms with van der Waals surface area (Å²) in [4.78, 5) is 10.5. The van der Waals surface area contributed by atoms with Crippen LogP contribution in [0.5, 0.6) is 0 Å². The van der Waals surface area contributed by atoms with Crippen molar-refractivity contribution in [2.24, 2.45) is 0 Å². The second kappa shape index (κ2) is 7.12. The number of carbonyl (C=O) groups is 1. The number of hydrogen-bond acceptors (Lipinski definition) is 4. The number of halogens is 6. The van der Waals surface area contributed by atoms with Gasteiger partial charge in [-0.1, -0.05) is 0 Å². The molecule has 0 aliphatic carbocycles. The molecule has 0 amide bonds. The standard InChI is InChI=1S/C13H9F6NO2S/c1-2-22-11(21)4-7-3-8(6-20)10(23-13(17,18)19)5-9(7)12(14,15)16/h3,5H,2,4H2,1H3. The molecule has 0 atom stereocenters. The zero-order valence-electron chi connectivity index (χ0n) is 11.5. The Hall–Kier alpha value is -1.89. The van der Waals surface area contributed by atoms with Crippen LogP contribution >= 0.6 is 11.8 Å². The van der Waals surface area contributed by atoms with Crippen LogP contribution < -0.4 is 0 Å². The summed E-state index contributed by atoms with van der Waals surface area (Å²) < 4.78 is 80.7. The van der Waals surface area contributed by atoms with E-state index in [1.165, 1.54) is 13.0 Å². The topological polar surface area (TPSA) is 50.1 Å². The number of nitrogens with zero attached hydrogens (tertiary/aromatic N) is 1. The van der Waals surface area contributed by atoms with Crippen molar-refractivity contribution in [1.82, 2.24) is 0 Å². The Bertz CT molecular complexity index is 633. The van der Waals surface area contributed by atoms with Gasteiger partial charge in [-0.05, 0) is 36.4 Å². The van der Waals surface area contributed by atoms with Crippen LogP contribution in [0.3, 0.4) is 0 Å². The molecule has 0 N–H and O–H groups in total. The highest BCUT2D eigenvalue weighted by Crippen LogP contribution is 2.42. The molecular weight excluding hydrogens is 348 g/mol. The summed E-state index contributed by atoms with van der Waals surface area (Å²) in [5.74, 6) is -0.974. The molecule has 0 spiro atoms. The van der Waals surface area contributed by atoms with Gasteiger partial charge in [0.25, 0.3) is 0 Å². The van der Waals surface area contributed by atoms with Crippen LogP contribution in [0.15, 0.2) is 17.0 Å². The number of alkyl halides is 6. The maximum absolute atomic E-state index is 13.0. The number of esters is 1. The quantitative estimate of drug-likeness (QED) is 0.458. The van der Waals surface area contributed by atoms with E-state index >= 15 is 0 Å². The van der Waals surface area contributed by atoms with Crippen LogP contribution in [-0.2, 0) is 22.1 Å². The predicted molar refractivity (Wildman–Crippen MR) is 68.4 cm³/mol. The van der Waals surface area contributed by atoms with Gasteiger partial charge in [0.05, 0.1) is 24.2 Å². The lowest BCUT2D eigenvalue weighted by Crippen LogP contribution is -2.15. The van der Waals surface area contributed by atoms with Crippen LogP contribution in [0.1, 0.15) is 23.6 Å². The molecule has 0 aliphatic rings. The van der Waals surface area contributed by atoms with E-state index in [4.69, 9.17) is 5.26 Å². The monoisotopic (exact) mass is 357 g/mol. The van der Waals surface area contributed by atoms with Crippen LogP contribution in [0.2, 0.25) is 0 Å². The lowest BCUT2D eigenvalue weighted by atomic mass is 10.0. The molecule has 0 saturated heterocycles. The van der Waals surface area contributed by atoms with Gasteiger partial charge in [-0.25, -0.2) is 0 Å². The third-order valence-corrected chi connectivity index (χ3v) is 3.29. The lowest BCUT2D eigenvalue weighted by Gasteiger charge is -2.16. The SMILES string of the molecule is CCOC(=O)Cc1cc(C#N)c(SC(F)(F)F)cc1C(F)(F)F. The summed E-state index contributed by atoms with van der Waals surface area (Å²) in [6, 6.07) is 2.26. The lowest BCUT2D eigenvalue weighted by molar-refractivity contribution is -0.143. The Morgan fingerprint density at radius 1 is 1.26 bits per heavy atom. The van der Waals surface area contributed by atoms with Gasteiger partial charge in [-0.15, -0.1) is 0 Å². The van der Waals surface area contributed by atoms with E-state index in [0.29, 0.717) is 6.07 Å². The highest BCUT2D eigenvalue weighted by atomic mass is 32.2. The number of rotatable bonds is 4. The van der Waals surface area contributed by atoms with Crippen molar-refractivity contribution >= 4 is 17.7 Å². The summed E-state index contributed by atoms with van der Waals surface area (Å²) >= 11 is -0.819. The van der Waals surface area contributed by atoms with Crippen molar-refractivity contribution in [3.63, 3.8) is 0 Å². The molecule has 0 aromatic heterocycles. The first-order chi connectivity index (χ1) is 10.5. The fraction of sp³-hybridized carbons (Fsp3) is 0.385. The van der Waals surface area contributed by atoms with E-state index in [2.05, 4.69) is 4.74 Å². The van der Waals surface area contributed by atoms with Gasteiger partial charge in [0, 0.05) is 4.90 Å². The number of carbonyl (C=O) groups excluding carboxylic acids is 1. The second-order valence-electron chi connectivity index (χ2n) is 4.14. The normalized spacial score (nSPS) is 11.9. The molecule has 1 rings (SSSR count). The highest BCUT2D eigenvalue weighted by molar-refractivity contribution is 8.00. The fourth-order valence-corrected chi connectivity index (χ4v) is 2.34. The first-order valence-electron chi connectivity index (χ1n) is 6.03. The molecule has 3 nitrogen and oxygen atoms in total. The Kier molecular flexibility index (Phi) is 5.93. The summed E-state index contributed by atoms with van der Waals surface area (Å²) in [5.41, 5.74) is -7.47. The number of ether oxygens (including phenoxy) is 1. The molecule has 0 radical (unpaired) electrons. The Morgan fingerprint density at radius 2 is 1.87 bits per heavy atom. The van der Waals surface area contributed by atoms with E-state index in [9.17, 15) is 31.1 Å². The van der Waals surface area contributed by atoms with E-state index in [1.54, 1.807) is 0 Å². The number of benzene rings is 1. The van der Waals surface area contributed by atoms with Crippen molar-refractivity contribution in [2.75, 3.05) is 6.61 Å². The largest absolute Gasteiger partial charge is 0.466 e. The zero-order valence-corrected chi connectivity index (χ0v) is 12.3. The summed E-state index contributed by atoms with van der Waals surface area (Å²) in [5, 5.41) is 8.84. The summed E-state index contributed by atoms with van der Waals surface area (Å²) in [6.45, 7) is 1.39. The van der Waals surface area contributed by atoms with Crippen molar-refractivity contribution in [2.45, 2.75) is 29.9 Å². The van der Waals surface area contributed by atoms with Crippen molar-refractivity contribution in [3.05, 3.63) is 28.8 Å². The number of nitriles is 1. The highest BCUT2D eigenvalue weighted by Gasteiger charge is 2.37. The molecular formula is C13H9F6NO2S. The first kappa shape index (κ1) is 19.2. The van der Waals surface area contributed by atoms with Gasteiger partial charge in [-0.3, -0.25) is 4.79 Å². The van der Waals surface area contributed by atoms with Gasteiger partial charge in [0.1, 0.15) is 6.07 Å². The van der Waals surface area contributed by atoms with E-state index in [0.717, 1.165) is 0 Å². The molecule has 23 heavy (non-hydrogen) atoms.